The Bertz CT molecular complexity index is 1870. The van der Waals surface area contributed by atoms with Gasteiger partial charge >= 0.3 is 5.69 Å². The summed E-state index contributed by atoms with van der Waals surface area (Å²) in [5, 5.41) is 22.5. The largest absolute Gasteiger partial charge is 0.497 e. The lowest BCUT2D eigenvalue weighted by atomic mass is 9.80. The number of aliphatic hydroxyl groups is 1. The molecule has 2 aromatic heterocycles. The van der Waals surface area contributed by atoms with E-state index < -0.39 is 44.0 Å². The van der Waals surface area contributed by atoms with E-state index in [4.69, 9.17) is 23.4 Å². The van der Waals surface area contributed by atoms with Gasteiger partial charge in [-0.2, -0.15) is 14.7 Å². The maximum atomic E-state index is 12.4. The van der Waals surface area contributed by atoms with E-state index in [2.05, 4.69) is 49.2 Å². The minimum absolute atomic E-state index is 0.0534. The Kier molecular flexibility index (Phi) is 9.53. The number of fused-ring (bicyclic) bond motifs is 1. The molecule has 0 radical (unpaired) electrons. The van der Waals surface area contributed by atoms with Crippen molar-refractivity contribution in [2.24, 2.45) is 0 Å². The Labute approximate surface area is 286 Å². The maximum Gasteiger partial charge on any atom is 0.363 e. The number of aliphatic hydroxyl groups excluding tert-OH is 1. The summed E-state index contributed by atoms with van der Waals surface area (Å²) >= 11 is 0. The van der Waals surface area contributed by atoms with Crippen LogP contribution in [0.5, 0.6) is 11.5 Å². The minimum atomic E-state index is -2.43. The molecular weight excluding hydrogens is 641 g/mol. The summed E-state index contributed by atoms with van der Waals surface area (Å²) in [5.74, 6) is 1.44. The third-order valence-corrected chi connectivity index (χ3v) is 14.4. The number of H-pyrrole nitrogens is 1. The first kappa shape index (κ1) is 34.5. The smallest absolute Gasteiger partial charge is 0.363 e. The number of aromatic amines is 1. The van der Waals surface area contributed by atoms with E-state index in [1.165, 1.54) is 16.9 Å². The maximum absolute atomic E-state index is 12.4. The van der Waals surface area contributed by atoms with Gasteiger partial charge in [0.25, 0.3) is 0 Å². The van der Waals surface area contributed by atoms with Crippen molar-refractivity contribution in [1.29, 1.82) is 0 Å². The third kappa shape index (κ3) is 6.42. The summed E-state index contributed by atoms with van der Waals surface area (Å²) in [6, 6.07) is 25.6. The molecule has 258 valence electrons. The van der Waals surface area contributed by atoms with Gasteiger partial charge in [0.05, 0.1) is 38.7 Å². The average molecular weight is 685 g/mol. The molecule has 11 nitrogen and oxygen atoms in total. The zero-order chi connectivity index (χ0) is 35.0. The molecule has 0 bridgehead atoms. The number of hydrogen-bond acceptors (Lipinski definition) is 9. The summed E-state index contributed by atoms with van der Waals surface area (Å²) in [6.07, 6.45) is -0.327. The number of hydrogen-bond donors (Lipinski definition) is 2. The topological polar surface area (TPSA) is 129 Å². The molecule has 3 heterocycles. The highest BCUT2D eigenvalue weighted by Gasteiger charge is 2.52. The van der Waals surface area contributed by atoms with E-state index in [-0.39, 0.29) is 11.6 Å². The fourth-order valence-electron chi connectivity index (χ4n) is 6.15. The number of ether oxygens (including phenoxy) is 4. The van der Waals surface area contributed by atoms with Gasteiger partial charge in [-0.25, -0.2) is 9.89 Å². The molecule has 12 heteroatoms. The van der Waals surface area contributed by atoms with Crippen LogP contribution in [0, 0.1) is 0 Å². The monoisotopic (exact) mass is 684 g/mol. The Hall–Kier alpha value is -4.33. The predicted octanol–water partition coefficient (Wildman–Crippen LogP) is 5.63. The van der Waals surface area contributed by atoms with E-state index in [1.54, 1.807) is 14.2 Å². The Morgan fingerprint density at radius 3 is 2.00 bits per heavy atom. The van der Waals surface area contributed by atoms with Crippen molar-refractivity contribution < 1.29 is 28.5 Å². The van der Waals surface area contributed by atoms with Crippen molar-refractivity contribution in [2.75, 3.05) is 20.8 Å². The van der Waals surface area contributed by atoms with Gasteiger partial charge in [-0.1, -0.05) is 75.4 Å². The summed E-state index contributed by atoms with van der Waals surface area (Å²) in [4.78, 5) is 12.4. The van der Waals surface area contributed by atoms with Gasteiger partial charge in [0.1, 0.15) is 41.5 Å². The first-order valence-corrected chi connectivity index (χ1v) is 19.2. The lowest BCUT2D eigenvalue weighted by Crippen LogP contribution is -2.50. The van der Waals surface area contributed by atoms with E-state index in [1.807, 2.05) is 78.9 Å². The van der Waals surface area contributed by atoms with Gasteiger partial charge in [-0.3, -0.25) is 0 Å². The Morgan fingerprint density at radius 1 is 0.878 bits per heavy atom. The fourth-order valence-corrected chi connectivity index (χ4v) is 7.48. The summed E-state index contributed by atoms with van der Waals surface area (Å²) < 4.78 is 33.0. The standard InChI is InChI=1S/C37H44N4O7Si/c1-36(2,3)49(6,7)48-34-31(47-33(32(34)42)29-21-39-41-30(29)22-38-40-35(41)43)23-46-37(24-11-9-8-10-12-24,25-13-17-27(44-4)18-14-25)26-15-19-28(45-5)20-16-26/h8-22,31-34,42H,23H2,1-7H3,(H,40,43)/t31-,32+,33+,34-/m1/s1. The zero-order valence-electron chi connectivity index (χ0n) is 28.9. The zero-order valence-corrected chi connectivity index (χ0v) is 29.9. The molecule has 2 N–H and O–H groups in total. The van der Waals surface area contributed by atoms with Gasteiger partial charge in [0.15, 0.2) is 8.32 Å². The van der Waals surface area contributed by atoms with Gasteiger partial charge in [-0.15, -0.1) is 0 Å². The molecule has 49 heavy (non-hydrogen) atoms. The van der Waals surface area contributed by atoms with Crippen molar-refractivity contribution in [3.05, 3.63) is 124 Å². The molecule has 1 aliphatic heterocycles. The lowest BCUT2D eigenvalue weighted by Gasteiger charge is -2.41. The number of methoxy groups -OCH3 is 2. The van der Waals surface area contributed by atoms with Crippen LogP contribution in [0.1, 0.15) is 49.1 Å². The summed E-state index contributed by atoms with van der Waals surface area (Å²) in [5.41, 5.74) is 2.03. The van der Waals surface area contributed by atoms with Crippen LogP contribution in [0.3, 0.4) is 0 Å². The highest BCUT2D eigenvalue weighted by molar-refractivity contribution is 6.74. The average Bonchev–Trinajstić information content (AvgIpc) is 3.66. The van der Waals surface area contributed by atoms with Crippen LogP contribution >= 0.6 is 0 Å². The van der Waals surface area contributed by atoms with Crippen molar-refractivity contribution in [1.82, 2.24) is 19.8 Å². The van der Waals surface area contributed by atoms with Crippen molar-refractivity contribution >= 4 is 13.8 Å². The molecule has 1 fully saturated rings. The molecule has 5 aromatic rings. The number of benzene rings is 3. The second-order valence-corrected chi connectivity index (χ2v) is 18.6. The molecular formula is C37H44N4O7Si. The molecule has 0 amide bonds. The first-order valence-electron chi connectivity index (χ1n) is 16.3. The Balaban J connectivity index is 1.46. The number of rotatable bonds is 11. The SMILES string of the molecule is COc1ccc(C(OC[C@H]2O[C@@H](c3cnn4c(=O)[nH]ncc34)[C@H](O)[C@@H]2O[Si](C)(C)C(C)(C)C)(c2ccccc2)c2ccc(OC)cc2)cc1. The third-order valence-electron chi connectivity index (χ3n) is 9.89. The number of aromatic nitrogens is 4. The molecule has 0 saturated carbocycles. The lowest BCUT2D eigenvalue weighted by molar-refractivity contribution is -0.0807. The summed E-state index contributed by atoms with van der Waals surface area (Å²) in [6.45, 7) is 10.8. The van der Waals surface area contributed by atoms with Crippen LogP contribution in [0.4, 0.5) is 0 Å². The normalized spacial score (nSPS) is 20.1. The molecule has 0 aliphatic carbocycles. The molecule has 1 aliphatic rings. The molecule has 0 unspecified atom stereocenters. The van der Waals surface area contributed by atoms with Gasteiger partial charge in [0.2, 0.25) is 0 Å². The first-order chi connectivity index (χ1) is 23.4. The summed E-state index contributed by atoms with van der Waals surface area (Å²) in [7, 11) is 0.842. The number of nitrogens with zero attached hydrogens (tertiary/aromatic N) is 3. The molecule has 3 aromatic carbocycles. The van der Waals surface area contributed by atoms with Crippen LogP contribution in [0.2, 0.25) is 18.1 Å². The predicted molar refractivity (Wildman–Crippen MR) is 188 cm³/mol. The molecule has 4 atom stereocenters. The molecule has 1 saturated heterocycles. The second-order valence-electron chi connectivity index (χ2n) is 13.8. The molecule has 0 spiro atoms. The molecule has 6 rings (SSSR count). The highest BCUT2D eigenvalue weighted by atomic mass is 28.4. The van der Waals surface area contributed by atoms with E-state index in [9.17, 15) is 9.90 Å². The van der Waals surface area contributed by atoms with Gasteiger partial charge in [-0.05, 0) is 59.1 Å². The quantitative estimate of drug-likeness (QED) is 0.134. The van der Waals surface area contributed by atoms with Crippen LogP contribution in [-0.4, -0.2) is 72.4 Å². The van der Waals surface area contributed by atoms with Crippen molar-refractivity contribution in [3.8, 4) is 11.5 Å². The van der Waals surface area contributed by atoms with Crippen molar-refractivity contribution in [2.45, 2.75) is 68.9 Å². The highest BCUT2D eigenvalue weighted by Crippen LogP contribution is 2.46. The van der Waals surface area contributed by atoms with Crippen molar-refractivity contribution in [3.63, 3.8) is 0 Å². The second kappa shape index (κ2) is 13.5. The van der Waals surface area contributed by atoms with Gasteiger partial charge in [0, 0.05) is 5.56 Å². The van der Waals surface area contributed by atoms with E-state index >= 15 is 0 Å². The van der Waals surface area contributed by atoms with E-state index in [0.29, 0.717) is 11.1 Å². The van der Waals surface area contributed by atoms with Crippen LogP contribution in [0.15, 0.2) is 96.1 Å². The minimum Gasteiger partial charge on any atom is -0.497 e. The Morgan fingerprint density at radius 2 is 1.45 bits per heavy atom. The fraction of sp³-hybridized carbons (Fsp3) is 0.378. The van der Waals surface area contributed by atoms with Crippen LogP contribution < -0.4 is 15.2 Å². The van der Waals surface area contributed by atoms with Crippen LogP contribution in [0.25, 0.3) is 5.52 Å². The van der Waals surface area contributed by atoms with E-state index in [0.717, 1.165) is 28.2 Å². The number of nitrogens with one attached hydrogen (secondary N) is 1. The van der Waals surface area contributed by atoms with Crippen LogP contribution in [-0.2, 0) is 19.5 Å². The van der Waals surface area contributed by atoms with Gasteiger partial charge < -0.3 is 28.5 Å².